The van der Waals surface area contributed by atoms with Crippen molar-refractivity contribution in [2.45, 2.75) is 12.0 Å². The summed E-state index contributed by atoms with van der Waals surface area (Å²) < 4.78 is 11.5. The molecule has 6 nitrogen and oxygen atoms in total. The largest absolute Gasteiger partial charge is 0.484 e. The van der Waals surface area contributed by atoms with Crippen LogP contribution in [0.5, 0.6) is 5.75 Å². The molecule has 1 saturated heterocycles. The maximum atomic E-state index is 12.8. The van der Waals surface area contributed by atoms with Gasteiger partial charge in [-0.1, -0.05) is 72.8 Å². The van der Waals surface area contributed by atoms with Gasteiger partial charge in [0, 0.05) is 13.0 Å². The van der Waals surface area contributed by atoms with Gasteiger partial charge in [-0.25, -0.2) is 0 Å². The molecule has 1 aliphatic heterocycles. The number of nitrogens with two attached hydrogens (primary N) is 1. The van der Waals surface area contributed by atoms with Crippen molar-refractivity contribution in [1.29, 1.82) is 0 Å². The quantitative estimate of drug-likeness (QED) is 0.625. The zero-order valence-corrected chi connectivity index (χ0v) is 17.8. The van der Waals surface area contributed by atoms with Crippen LogP contribution in [0.2, 0.25) is 0 Å². The van der Waals surface area contributed by atoms with Crippen molar-refractivity contribution in [1.82, 2.24) is 4.90 Å². The summed E-state index contributed by atoms with van der Waals surface area (Å²) in [6.07, 6.45) is 0.284. The summed E-state index contributed by atoms with van der Waals surface area (Å²) in [4.78, 5) is 26.9. The lowest BCUT2D eigenvalue weighted by atomic mass is 9.90. The molecule has 32 heavy (non-hydrogen) atoms. The van der Waals surface area contributed by atoms with Gasteiger partial charge < -0.3 is 20.1 Å². The van der Waals surface area contributed by atoms with Crippen LogP contribution < -0.4 is 10.5 Å². The van der Waals surface area contributed by atoms with E-state index >= 15 is 0 Å². The van der Waals surface area contributed by atoms with E-state index in [0.717, 1.165) is 16.7 Å². The highest BCUT2D eigenvalue weighted by molar-refractivity contribution is 5.86. The molecule has 1 unspecified atom stereocenters. The molecule has 3 aromatic carbocycles. The Balaban J connectivity index is 1.48. The highest BCUT2D eigenvalue weighted by Crippen LogP contribution is 2.27. The van der Waals surface area contributed by atoms with Crippen LogP contribution in [-0.2, 0) is 20.7 Å². The van der Waals surface area contributed by atoms with Gasteiger partial charge in [-0.05, 0) is 28.8 Å². The van der Waals surface area contributed by atoms with Crippen LogP contribution in [0.1, 0.15) is 5.56 Å². The summed E-state index contributed by atoms with van der Waals surface area (Å²) in [7, 11) is 0. The molecule has 1 atom stereocenters. The van der Waals surface area contributed by atoms with Crippen molar-refractivity contribution in [2.24, 2.45) is 5.73 Å². The second-order valence-electron chi connectivity index (χ2n) is 7.87. The second kappa shape index (κ2) is 9.66. The summed E-state index contributed by atoms with van der Waals surface area (Å²) in [5.74, 6) is -0.169. The summed E-state index contributed by atoms with van der Waals surface area (Å²) >= 11 is 0. The van der Waals surface area contributed by atoms with Crippen molar-refractivity contribution in [3.05, 3.63) is 90.5 Å². The third-order valence-electron chi connectivity index (χ3n) is 5.62. The van der Waals surface area contributed by atoms with Crippen molar-refractivity contribution in [2.75, 3.05) is 26.3 Å². The third-order valence-corrected chi connectivity index (χ3v) is 5.62. The fourth-order valence-electron chi connectivity index (χ4n) is 3.91. The number of morpholine rings is 1. The van der Waals surface area contributed by atoms with Crippen LogP contribution in [0, 0.1) is 0 Å². The standard InChI is InChI=1S/C26H26N2O4/c27-25(30)26(17-20-8-7-11-22(16-20)21-9-3-1-4-10-21)19-28(14-15-32-26)24(29)18-31-23-12-5-2-6-13-23/h1-13,16H,14-15,17-19H2,(H2,27,30). The number of nitrogens with zero attached hydrogens (tertiary/aromatic N) is 1. The molecule has 0 aromatic heterocycles. The molecule has 2 amide bonds. The lowest BCUT2D eigenvalue weighted by Gasteiger charge is -2.40. The fourth-order valence-corrected chi connectivity index (χ4v) is 3.91. The van der Waals surface area contributed by atoms with E-state index in [1.807, 2.05) is 72.8 Å². The number of benzene rings is 3. The molecule has 0 saturated carbocycles. The van der Waals surface area contributed by atoms with Gasteiger partial charge in [0.15, 0.2) is 12.2 Å². The first kappa shape index (κ1) is 21.6. The smallest absolute Gasteiger partial charge is 0.260 e. The van der Waals surface area contributed by atoms with E-state index in [0.29, 0.717) is 12.3 Å². The molecule has 164 valence electrons. The monoisotopic (exact) mass is 430 g/mol. The number of carbonyl (C=O) groups is 2. The average Bonchev–Trinajstić information content (AvgIpc) is 2.84. The van der Waals surface area contributed by atoms with E-state index in [-0.39, 0.29) is 32.1 Å². The van der Waals surface area contributed by atoms with Gasteiger partial charge >= 0.3 is 0 Å². The number of carbonyl (C=O) groups excluding carboxylic acids is 2. The summed E-state index contributed by atoms with van der Waals surface area (Å²) in [6.45, 7) is 0.603. The predicted molar refractivity (Wildman–Crippen MR) is 122 cm³/mol. The molecule has 0 spiro atoms. The van der Waals surface area contributed by atoms with E-state index in [9.17, 15) is 9.59 Å². The molecule has 0 aliphatic carbocycles. The van der Waals surface area contributed by atoms with Crippen LogP contribution in [0.25, 0.3) is 11.1 Å². The van der Waals surface area contributed by atoms with Crippen LogP contribution in [0.15, 0.2) is 84.9 Å². The minimum Gasteiger partial charge on any atom is -0.484 e. The zero-order valence-electron chi connectivity index (χ0n) is 17.8. The number of rotatable bonds is 7. The Bertz CT molecular complexity index is 1070. The molecule has 1 aliphatic rings. The number of para-hydroxylation sites is 1. The van der Waals surface area contributed by atoms with Gasteiger partial charge in [-0.2, -0.15) is 0 Å². The minimum absolute atomic E-state index is 0.0921. The van der Waals surface area contributed by atoms with E-state index in [1.54, 1.807) is 17.0 Å². The highest BCUT2D eigenvalue weighted by atomic mass is 16.5. The first-order valence-electron chi connectivity index (χ1n) is 10.6. The molecule has 1 fully saturated rings. The Morgan fingerprint density at radius 1 is 0.938 bits per heavy atom. The van der Waals surface area contributed by atoms with Gasteiger partial charge in [0.25, 0.3) is 11.8 Å². The zero-order chi connectivity index (χ0) is 22.4. The van der Waals surface area contributed by atoms with Gasteiger partial charge in [0.2, 0.25) is 0 Å². The highest BCUT2D eigenvalue weighted by Gasteiger charge is 2.43. The normalized spacial score (nSPS) is 18.2. The van der Waals surface area contributed by atoms with Crippen LogP contribution >= 0.6 is 0 Å². The van der Waals surface area contributed by atoms with Crippen molar-refractivity contribution < 1.29 is 19.1 Å². The number of amides is 2. The number of hydrogen-bond acceptors (Lipinski definition) is 4. The van der Waals surface area contributed by atoms with E-state index in [1.165, 1.54) is 0 Å². The van der Waals surface area contributed by atoms with Gasteiger partial charge in [0.05, 0.1) is 13.2 Å². The lowest BCUT2D eigenvalue weighted by Crippen LogP contribution is -2.61. The molecule has 1 heterocycles. The van der Waals surface area contributed by atoms with Gasteiger partial charge in [0.1, 0.15) is 5.75 Å². The topological polar surface area (TPSA) is 81.9 Å². The fraction of sp³-hybridized carbons (Fsp3) is 0.231. The number of primary amides is 1. The van der Waals surface area contributed by atoms with E-state index in [4.69, 9.17) is 15.2 Å². The maximum absolute atomic E-state index is 12.8. The Kier molecular flexibility index (Phi) is 6.52. The summed E-state index contributed by atoms with van der Waals surface area (Å²) in [5.41, 5.74) is 7.56. The lowest BCUT2D eigenvalue weighted by molar-refractivity contribution is -0.164. The predicted octanol–water partition coefficient (Wildman–Crippen LogP) is 3.06. The maximum Gasteiger partial charge on any atom is 0.260 e. The summed E-state index contributed by atoms with van der Waals surface area (Å²) in [5, 5.41) is 0. The molecular formula is C26H26N2O4. The Morgan fingerprint density at radius 2 is 1.62 bits per heavy atom. The molecule has 3 aromatic rings. The molecule has 0 radical (unpaired) electrons. The minimum atomic E-state index is -1.28. The first-order chi connectivity index (χ1) is 15.6. The molecular weight excluding hydrogens is 404 g/mol. The average molecular weight is 431 g/mol. The van der Waals surface area contributed by atoms with Crippen LogP contribution in [0.3, 0.4) is 0 Å². The molecule has 0 bridgehead atoms. The van der Waals surface area contributed by atoms with Crippen LogP contribution in [0.4, 0.5) is 0 Å². The number of hydrogen-bond donors (Lipinski definition) is 1. The molecule has 4 rings (SSSR count). The molecule has 2 N–H and O–H groups in total. The van der Waals surface area contributed by atoms with Crippen molar-refractivity contribution in [3.63, 3.8) is 0 Å². The third kappa shape index (κ3) is 4.98. The molecule has 6 heteroatoms. The van der Waals surface area contributed by atoms with Crippen molar-refractivity contribution in [3.8, 4) is 16.9 Å². The van der Waals surface area contributed by atoms with Crippen molar-refractivity contribution >= 4 is 11.8 Å². The second-order valence-corrected chi connectivity index (χ2v) is 7.87. The summed E-state index contributed by atoms with van der Waals surface area (Å²) in [6, 6.07) is 27.1. The van der Waals surface area contributed by atoms with Gasteiger partial charge in [-0.3, -0.25) is 9.59 Å². The van der Waals surface area contributed by atoms with Gasteiger partial charge in [-0.15, -0.1) is 0 Å². The Morgan fingerprint density at radius 3 is 2.34 bits per heavy atom. The van der Waals surface area contributed by atoms with Crippen LogP contribution in [-0.4, -0.2) is 48.6 Å². The van der Waals surface area contributed by atoms with E-state index in [2.05, 4.69) is 0 Å². The first-order valence-corrected chi connectivity index (χ1v) is 10.6. The number of ether oxygens (including phenoxy) is 2. The Labute approximate surface area is 187 Å². The SMILES string of the molecule is NC(=O)C1(Cc2cccc(-c3ccccc3)c2)CN(C(=O)COc2ccccc2)CCO1. The van der Waals surface area contributed by atoms with E-state index < -0.39 is 11.5 Å². The Hall–Kier alpha value is -3.64.